The average Bonchev–Trinajstić information content (AvgIpc) is 2.96. The standard InChI is InChI=1S/C17H31N3OS2.HI/c1-6-18-16(19-9-11-23(21)17(3,4)5)20-13-14(2)12-15-8-7-10-22-15;/h7-8,10,14H,6,9,11-13H2,1-5H3,(H2,18,19,20);1H. The van der Waals surface area contributed by atoms with Crippen LogP contribution in [-0.4, -0.2) is 40.3 Å². The first-order valence-corrected chi connectivity index (χ1v) is 10.5. The maximum Gasteiger partial charge on any atom is 0.191 e. The molecule has 0 aliphatic rings. The summed E-state index contributed by atoms with van der Waals surface area (Å²) in [4.78, 5) is 6.06. The van der Waals surface area contributed by atoms with E-state index in [-0.39, 0.29) is 28.7 Å². The molecule has 0 bridgehead atoms. The minimum absolute atomic E-state index is 0. The maximum absolute atomic E-state index is 12.1. The zero-order valence-corrected chi connectivity index (χ0v) is 19.4. The SMILES string of the molecule is CCNC(=NCC(C)Cc1cccs1)NCCS(=O)C(C)(C)C.I. The molecule has 140 valence electrons. The number of aliphatic imine (C=N–C) groups is 1. The van der Waals surface area contributed by atoms with E-state index < -0.39 is 10.8 Å². The lowest BCUT2D eigenvalue weighted by molar-refractivity contribution is 0.595. The van der Waals surface area contributed by atoms with Gasteiger partial charge < -0.3 is 10.6 Å². The van der Waals surface area contributed by atoms with Gasteiger partial charge in [0.05, 0.1) is 0 Å². The van der Waals surface area contributed by atoms with Crippen molar-refractivity contribution >= 4 is 52.1 Å². The lowest BCUT2D eigenvalue weighted by atomic mass is 10.1. The fourth-order valence-electron chi connectivity index (χ4n) is 1.99. The van der Waals surface area contributed by atoms with Crippen LogP contribution in [0.1, 0.15) is 39.5 Å². The van der Waals surface area contributed by atoms with Crippen molar-refractivity contribution in [3.8, 4) is 0 Å². The Labute approximate surface area is 170 Å². The Balaban J connectivity index is 0.00000529. The number of thiophene rings is 1. The fraction of sp³-hybridized carbons (Fsp3) is 0.706. The van der Waals surface area contributed by atoms with Gasteiger partial charge in [0.15, 0.2) is 5.96 Å². The number of rotatable bonds is 8. The number of guanidine groups is 1. The summed E-state index contributed by atoms with van der Waals surface area (Å²) < 4.78 is 11.9. The molecule has 4 nitrogen and oxygen atoms in total. The van der Waals surface area contributed by atoms with E-state index in [4.69, 9.17) is 0 Å². The monoisotopic (exact) mass is 485 g/mol. The first-order chi connectivity index (χ1) is 10.8. The van der Waals surface area contributed by atoms with Crippen molar-refractivity contribution in [3.63, 3.8) is 0 Å². The van der Waals surface area contributed by atoms with Gasteiger partial charge in [0.1, 0.15) is 0 Å². The molecule has 0 saturated carbocycles. The van der Waals surface area contributed by atoms with Crippen LogP contribution in [0.15, 0.2) is 22.5 Å². The zero-order valence-electron chi connectivity index (χ0n) is 15.4. The topological polar surface area (TPSA) is 53.5 Å². The molecular formula is C17H32IN3OS2. The number of hydrogen-bond acceptors (Lipinski definition) is 3. The van der Waals surface area contributed by atoms with Crippen LogP contribution in [0.3, 0.4) is 0 Å². The largest absolute Gasteiger partial charge is 0.357 e. The van der Waals surface area contributed by atoms with Crippen molar-refractivity contribution in [1.82, 2.24) is 10.6 Å². The van der Waals surface area contributed by atoms with Gasteiger partial charge in [-0.25, -0.2) is 0 Å². The molecule has 2 unspecified atom stereocenters. The summed E-state index contributed by atoms with van der Waals surface area (Å²) in [5.41, 5.74) is 0. The number of nitrogens with zero attached hydrogens (tertiary/aromatic N) is 1. The van der Waals surface area contributed by atoms with Crippen LogP contribution in [0.2, 0.25) is 0 Å². The van der Waals surface area contributed by atoms with E-state index in [1.165, 1.54) is 4.88 Å². The van der Waals surface area contributed by atoms with Gasteiger partial charge in [0, 0.05) is 45.8 Å². The van der Waals surface area contributed by atoms with Crippen LogP contribution in [0.5, 0.6) is 0 Å². The molecule has 0 aliphatic carbocycles. The second-order valence-electron chi connectivity index (χ2n) is 6.70. The summed E-state index contributed by atoms with van der Waals surface area (Å²) in [5, 5.41) is 8.66. The van der Waals surface area contributed by atoms with Gasteiger partial charge in [-0.2, -0.15) is 0 Å². The number of halogens is 1. The molecule has 0 radical (unpaired) electrons. The van der Waals surface area contributed by atoms with Gasteiger partial charge in [-0.1, -0.05) is 13.0 Å². The van der Waals surface area contributed by atoms with Crippen LogP contribution in [-0.2, 0) is 17.2 Å². The highest BCUT2D eigenvalue weighted by atomic mass is 127. The number of hydrogen-bond donors (Lipinski definition) is 2. The van der Waals surface area contributed by atoms with E-state index in [0.29, 0.717) is 18.2 Å². The van der Waals surface area contributed by atoms with E-state index in [1.54, 1.807) is 11.3 Å². The van der Waals surface area contributed by atoms with Crippen LogP contribution in [0.4, 0.5) is 0 Å². The maximum atomic E-state index is 12.1. The molecule has 2 atom stereocenters. The molecule has 2 N–H and O–H groups in total. The third-order valence-corrected chi connectivity index (χ3v) is 6.14. The van der Waals surface area contributed by atoms with E-state index in [1.807, 2.05) is 20.8 Å². The Morgan fingerprint density at radius 1 is 1.38 bits per heavy atom. The van der Waals surface area contributed by atoms with Gasteiger partial charge in [0.2, 0.25) is 0 Å². The molecule has 0 aromatic carbocycles. The van der Waals surface area contributed by atoms with E-state index >= 15 is 0 Å². The highest BCUT2D eigenvalue weighted by Crippen LogP contribution is 2.14. The molecule has 24 heavy (non-hydrogen) atoms. The molecule has 0 aliphatic heterocycles. The molecule has 1 aromatic rings. The van der Waals surface area contributed by atoms with Gasteiger partial charge >= 0.3 is 0 Å². The fourth-order valence-corrected chi connectivity index (χ4v) is 3.76. The van der Waals surface area contributed by atoms with Gasteiger partial charge in [-0.05, 0) is 51.5 Å². The first-order valence-electron chi connectivity index (χ1n) is 8.26. The minimum atomic E-state index is -0.836. The van der Waals surface area contributed by atoms with Crippen molar-refractivity contribution in [3.05, 3.63) is 22.4 Å². The highest BCUT2D eigenvalue weighted by Gasteiger charge is 2.18. The lowest BCUT2D eigenvalue weighted by Crippen LogP contribution is -2.40. The first kappa shape index (κ1) is 23.9. The van der Waals surface area contributed by atoms with Crippen molar-refractivity contribution in [1.29, 1.82) is 0 Å². The predicted molar refractivity (Wildman–Crippen MR) is 119 cm³/mol. The summed E-state index contributed by atoms with van der Waals surface area (Å²) in [6, 6.07) is 4.27. The molecule has 0 spiro atoms. The average molecular weight is 486 g/mol. The number of nitrogens with one attached hydrogen (secondary N) is 2. The predicted octanol–water partition coefficient (Wildman–Crippen LogP) is 3.65. The summed E-state index contributed by atoms with van der Waals surface area (Å²) in [6.07, 6.45) is 1.06. The van der Waals surface area contributed by atoms with Crippen LogP contribution >= 0.6 is 35.3 Å². The Kier molecular flexibility index (Phi) is 12.2. The third-order valence-electron chi connectivity index (χ3n) is 3.30. The second-order valence-corrected chi connectivity index (χ2v) is 10.1. The molecule has 0 amide bonds. The van der Waals surface area contributed by atoms with E-state index in [0.717, 1.165) is 25.5 Å². The molecule has 0 fully saturated rings. The summed E-state index contributed by atoms with van der Waals surface area (Å²) in [6.45, 7) is 12.6. The molecule has 7 heteroatoms. The molecule has 0 saturated heterocycles. The summed E-state index contributed by atoms with van der Waals surface area (Å²) in [5.74, 6) is 1.96. The van der Waals surface area contributed by atoms with Gasteiger partial charge in [0.25, 0.3) is 0 Å². The van der Waals surface area contributed by atoms with Crippen molar-refractivity contribution in [2.45, 2.75) is 45.8 Å². The molecule has 1 rings (SSSR count). The Morgan fingerprint density at radius 2 is 2.08 bits per heavy atom. The van der Waals surface area contributed by atoms with Crippen molar-refractivity contribution in [2.75, 3.05) is 25.4 Å². The Hall–Kier alpha value is -0.150. The van der Waals surface area contributed by atoms with E-state index in [9.17, 15) is 4.21 Å². The quantitative estimate of drug-likeness (QED) is 0.336. The molecule has 1 heterocycles. The third kappa shape index (κ3) is 9.98. The molecular weight excluding hydrogens is 453 g/mol. The highest BCUT2D eigenvalue weighted by molar-refractivity contribution is 14.0. The Bertz CT molecular complexity index is 498. The zero-order chi connectivity index (χ0) is 17.3. The van der Waals surface area contributed by atoms with Gasteiger partial charge in [-0.15, -0.1) is 35.3 Å². The normalized spacial score (nSPS) is 14.6. The van der Waals surface area contributed by atoms with Crippen molar-refractivity contribution in [2.24, 2.45) is 10.9 Å². The van der Waals surface area contributed by atoms with Crippen LogP contribution in [0.25, 0.3) is 0 Å². The lowest BCUT2D eigenvalue weighted by Gasteiger charge is -2.18. The van der Waals surface area contributed by atoms with E-state index in [2.05, 4.69) is 47.0 Å². The van der Waals surface area contributed by atoms with Crippen molar-refractivity contribution < 1.29 is 4.21 Å². The smallest absolute Gasteiger partial charge is 0.191 e. The second kappa shape index (κ2) is 12.2. The van der Waals surface area contributed by atoms with Gasteiger partial charge in [-0.3, -0.25) is 9.20 Å². The summed E-state index contributed by atoms with van der Waals surface area (Å²) >= 11 is 1.80. The minimum Gasteiger partial charge on any atom is -0.357 e. The van der Waals surface area contributed by atoms with Crippen LogP contribution in [0, 0.1) is 5.92 Å². The molecule has 1 aromatic heterocycles. The summed E-state index contributed by atoms with van der Waals surface area (Å²) in [7, 11) is -0.836. The Morgan fingerprint density at radius 3 is 2.62 bits per heavy atom. The van der Waals surface area contributed by atoms with Crippen LogP contribution < -0.4 is 10.6 Å².